The van der Waals surface area contributed by atoms with Crippen molar-refractivity contribution in [3.8, 4) is 0 Å². The minimum Gasteiger partial charge on any atom is -0.388 e. The van der Waals surface area contributed by atoms with Gasteiger partial charge in [-0.25, -0.2) is 0 Å². The second kappa shape index (κ2) is 7.04. The predicted molar refractivity (Wildman–Crippen MR) is 92.8 cm³/mol. The fourth-order valence-corrected chi connectivity index (χ4v) is 3.72. The molecule has 0 radical (unpaired) electrons. The molecule has 0 aliphatic rings. The zero-order valence-corrected chi connectivity index (χ0v) is 15.3. The monoisotopic (exact) mass is 448 g/mol. The molecule has 1 aromatic carbocycles. The Kier molecular flexibility index (Phi) is 5.63. The number of aliphatic hydroxyl groups is 1. The summed E-state index contributed by atoms with van der Waals surface area (Å²) >= 11 is 5.89. The first kappa shape index (κ1) is 16.0. The molecule has 0 amide bonds. The van der Waals surface area contributed by atoms with Gasteiger partial charge >= 0.3 is 0 Å². The largest absolute Gasteiger partial charge is 0.388 e. The van der Waals surface area contributed by atoms with E-state index in [1.54, 1.807) is 0 Å². The van der Waals surface area contributed by atoms with Crippen LogP contribution in [0.25, 0.3) is 0 Å². The molecule has 1 atom stereocenters. The van der Waals surface area contributed by atoms with Crippen molar-refractivity contribution < 1.29 is 5.11 Å². The van der Waals surface area contributed by atoms with Crippen molar-refractivity contribution in [1.29, 1.82) is 0 Å². The number of nitrogens with zero attached hydrogens (tertiary/aromatic N) is 2. The Morgan fingerprint density at radius 2 is 2.05 bits per heavy atom. The average Bonchev–Trinajstić information content (AvgIpc) is 2.75. The molecule has 0 aliphatic carbocycles. The summed E-state index contributed by atoms with van der Waals surface area (Å²) in [7, 11) is 0. The van der Waals surface area contributed by atoms with Crippen LogP contribution in [0.1, 0.15) is 36.9 Å². The van der Waals surface area contributed by atoms with Gasteiger partial charge in [-0.15, -0.1) is 0 Å². The van der Waals surface area contributed by atoms with E-state index in [0.29, 0.717) is 6.42 Å². The highest BCUT2D eigenvalue weighted by atomic mass is 127. The van der Waals surface area contributed by atoms with Gasteiger partial charge in [-0.3, -0.25) is 4.68 Å². The lowest BCUT2D eigenvalue weighted by atomic mass is 10.0. The van der Waals surface area contributed by atoms with Gasteiger partial charge in [-0.2, -0.15) is 5.10 Å². The van der Waals surface area contributed by atoms with Crippen molar-refractivity contribution in [3.05, 3.63) is 49.3 Å². The zero-order chi connectivity index (χ0) is 14.7. The highest BCUT2D eigenvalue weighted by Gasteiger charge is 2.19. The third-order valence-corrected chi connectivity index (χ3v) is 5.24. The van der Waals surface area contributed by atoms with Crippen LogP contribution in [-0.2, 0) is 19.4 Å². The maximum Gasteiger partial charge on any atom is 0.0855 e. The molecule has 2 rings (SSSR count). The van der Waals surface area contributed by atoms with Gasteiger partial charge in [0.1, 0.15) is 0 Å². The maximum absolute atomic E-state index is 10.5. The summed E-state index contributed by atoms with van der Waals surface area (Å²) in [5, 5.41) is 15.1. The van der Waals surface area contributed by atoms with Gasteiger partial charge in [-0.05, 0) is 63.5 Å². The van der Waals surface area contributed by atoms with Crippen molar-refractivity contribution in [2.45, 2.75) is 39.3 Å². The Morgan fingerprint density at radius 3 is 2.65 bits per heavy atom. The summed E-state index contributed by atoms with van der Waals surface area (Å²) in [6, 6.07) is 7.94. The molecular weight excluding hydrogens is 431 g/mol. The first-order valence-corrected chi connectivity index (χ1v) is 8.62. The van der Waals surface area contributed by atoms with Gasteiger partial charge in [0.2, 0.25) is 0 Å². The first-order chi connectivity index (χ1) is 9.58. The van der Waals surface area contributed by atoms with Crippen LogP contribution in [0, 0.1) is 3.57 Å². The van der Waals surface area contributed by atoms with Gasteiger partial charge in [0.05, 0.1) is 22.0 Å². The van der Waals surface area contributed by atoms with Gasteiger partial charge in [0.15, 0.2) is 0 Å². The highest BCUT2D eigenvalue weighted by Crippen LogP contribution is 2.29. The standard InChI is InChI=1S/C15H18BrIN2O/c1-3-12-15(16)13(19(4-2)18-12)9-14(20)10-7-5-6-8-11(10)17/h5-8,14,20H,3-4,9H2,1-2H3. The molecule has 0 saturated heterocycles. The minimum atomic E-state index is -0.508. The Labute approximate surface area is 141 Å². The summed E-state index contributed by atoms with van der Waals surface area (Å²) in [6.07, 6.45) is 0.951. The lowest BCUT2D eigenvalue weighted by molar-refractivity contribution is 0.174. The number of aryl methyl sites for hydroxylation is 2. The van der Waals surface area contributed by atoms with E-state index in [9.17, 15) is 5.11 Å². The number of hydrogen-bond acceptors (Lipinski definition) is 2. The number of halogens is 2. The van der Waals surface area contributed by atoms with E-state index in [1.165, 1.54) is 0 Å². The summed E-state index contributed by atoms with van der Waals surface area (Å²) in [6.45, 7) is 4.97. The van der Waals surface area contributed by atoms with Gasteiger partial charge in [0, 0.05) is 16.5 Å². The molecule has 0 bridgehead atoms. The molecule has 108 valence electrons. The lowest BCUT2D eigenvalue weighted by Crippen LogP contribution is -2.09. The topological polar surface area (TPSA) is 38.0 Å². The molecule has 0 aliphatic heterocycles. The van der Waals surface area contributed by atoms with E-state index in [4.69, 9.17) is 0 Å². The van der Waals surface area contributed by atoms with E-state index in [1.807, 2.05) is 28.9 Å². The second-order valence-electron chi connectivity index (χ2n) is 4.62. The third kappa shape index (κ3) is 3.26. The summed E-state index contributed by atoms with van der Waals surface area (Å²) in [4.78, 5) is 0. The molecule has 20 heavy (non-hydrogen) atoms. The molecule has 0 spiro atoms. The van der Waals surface area contributed by atoms with E-state index in [0.717, 1.165) is 38.0 Å². The molecule has 1 N–H and O–H groups in total. The average molecular weight is 449 g/mol. The summed E-state index contributed by atoms with van der Waals surface area (Å²) in [5.41, 5.74) is 3.09. The van der Waals surface area contributed by atoms with Crippen molar-refractivity contribution in [2.24, 2.45) is 0 Å². The quantitative estimate of drug-likeness (QED) is 0.699. The molecule has 1 heterocycles. The van der Waals surface area contributed by atoms with Crippen LogP contribution in [-0.4, -0.2) is 14.9 Å². The van der Waals surface area contributed by atoms with Crippen LogP contribution in [0.5, 0.6) is 0 Å². The molecule has 1 aromatic heterocycles. The van der Waals surface area contributed by atoms with Crippen LogP contribution < -0.4 is 0 Å². The molecule has 0 saturated carbocycles. The Morgan fingerprint density at radius 1 is 1.35 bits per heavy atom. The summed E-state index contributed by atoms with van der Waals surface area (Å²) in [5.74, 6) is 0. The normalized spacial score (nSPS) is 12.7. The molecular formula is C15H18BrIN2O. The molecule has 3 nitrogen and oxygen atoms in total. The predicted octanol–water partition coefficient (Wildman–Crippen LogP) is 4.11. The van der Waals surface area contributed by atoms with Gasteiger partial charge in [-0.1, -0.05) is 25.1 Å². The van der Waals surface area contributed by atoms with E-state index in [2.05, 4.69) is 57.5 Å². The fourth-order valence-electron chi connectivity index (χ4n) is 2.25. The number of benzene rings is 1. The maximum atomic E-state index is 10.5. The Balaban J connectivity index is 2.30. The molecule has 0 fully saturated rings. The SMILES string of the molecule is CCc1nn(CC)c(CC(O)c2ccccc2I)c1Br. The number of aliphatic hydroxyl groups excluding tert-OH is 1. The van der Waals surface area contributed by atoms with Crippen LogP contribution in [0.15, 0.2) is 28.7 Å². The number of aromatic nitrogens is 2. The second-order valence-corrected chi connectivity index (χ2v) is 6.57. The van der Waals surface area contributed by atoms with E-state index >= 15 is 0 Å². The highest BCUT2D eigenvalue weighted by molar-refractivity contribution is 14.1. The Bertz CT molecular complexity index is 598. The third-order valence-electron chi connectivity index (χ3n) is 3.35. The molecule has 1 unspecified atom stereocenters. The zero-order valence-electron chi connectivity index (χ0n) is 11.6. The van der Waals surface area contributed by atoms with Gasteiger partial charge in [0.25, 0.3) is 0 Å². The first-order valence-electron chi connectivity index (χ1n) is 6.75. The fraction of sp³-hybridized carbons (Fsp3) is 0.400. The summed E-state index contributed by atoms with van der Waals surface area (Å²) < 4.78 is 4.10. The van der Waals surface area contributed by atoms with Gasteiger partial charge < -0.3 is 5.11 Å². The van der Waals surface area contributed by atoms with E-state index in [-0.39, 0.29) is 0 Å². The van der Waals surface area contributed by atoms with Crippen LogP contribution in [0.4, 0.5) is 0 Å². The number of rotatable bonds is 5. The van der Waals surface area contributed by atoms with Crippen molar-refractivity contribution >= 4 is 38.5 Å². The van der Waals surface area contributed by atoms with E-state index < -0.39 is 6.10 Å². The minimum absolute atomic E-state index is 0.508. The lowest BCUT2D eigenvalue weighted by Gasteiger charge is -2.14. The Hall–Kier alpha value is -0.400. The van der Waals surface area contributed by atoms with Crippen molar-refractivity contribution in [1.82, 2.24) is 9.78 Å². The smallest absolute Gasteiger partial charge is 0.0855 e. The molecule has 2 aromatic rings. The van der Waals surface area contributed by atoms with Crippen molar-refractivity contribution in [3.63, 3.8) is 0 Å². The van der Waals surface area contributed by atoms with Crippen LogP contribution in [0.3, 0.4) is 0 Å². The molecule has 5 heteroatoms. The van der Waals surface area contributed by atoms with Crippen LogP contribution >= 0.6 is 38.5 Å². The number of hydrogen-bond donors (Lipinski definition) is 1. The van der Waals surface area contributed by atoms with Crippen molar-refractivity contribution in [2.75, 3.05) is 0 Å². The van der Waals surface area contributed by atoms with Crippen LogP contribution in [0.2, 0.25) is 0 Å².